The number of para-hydroxylation sites is 1. The first-order valence-electron chi connectivity index (χ1n) is 6.19. The van der Waals surface area contributed by atoms with E-state index in [1.807, 2.05) is 18.2 Å². The van der Waals surface area contributed by atoms with Crippen LogP contribution in [-0.2, 0) is 0 Å². The topological polar surface area (TPSA) is 50.1 Å². The van der Waals surface area contributed by atoms with Gasteiger partial charge in [-0.1, -0.05) is 35.9 Å². The molecule has 21 heavy (non-hydrogen) atoms. The van der Waals surface area contributed by atoms with Crippen LogP contribution < -0.4 is 5.56 Å². The van der Waals surface area contributed by atoms with Crippen LogP contribution >= 0.6 is 23.8 Å². The molecule has 0 radical (unpaired) electrons. The number of nitrogens with zero attached hydrogens (tertiary/aromatic N) is 2. The number of nitrogens with one attached hydrogen (secondary N) is 1. The SMILES string of the molecule is O=c1c2ccccc2[nH]c(=S)n1/N=C\c1cccc(Cl)c1. The fraction of sp³-hybridized carbons (Fsp3) is 0. The summed E-state index contributed by atoms with van der Waals surface area (Å²) in [5.41, 5.74) is 1.23. The number of hydrogen-bond donors (Lipinski definition) is 1. The Morgan fingerprint density at radius 1 is 1.19 bits per heavy atom. The summed E-state index contributed by atoms with van der Waals surface area (Å²) in [4.78, 5) is 15.4. The minimum absolute atomic E-state index is 0.247. The van der Waals surface area contributed by atoms with Crippen LogP contribution in [0.4, 0.5) is 0 Å². The van der Waals surface area contributed by atoms with Crippen LogP contribution in [0.25, 0.3) is 10.9 Å². The van der Waals surface area contributed by atoms with E-state index in [4.69, 9.17) is 23.8 Å². The Hall–Kier alpha value is -2.24. The summed E-state index contributed by atoms with van der Waals surface area (Å²) in [5.74, 6) is 0. The summed E-state index contributed by atoms with van der Waals surface area (Å²) < 4.78 is 1.41. The Balaban J connectivity index is 2.13. The number of halogens is 1. The van der Waals surface area contributed by atoms with Crippen molar-refractivity contribution >= 4 is 40.9 Å². The van der Waals surface area contributed by atoms with E-state index in [1.165, 1.54) is 4.68 Å². The molecule has 0 unspecified atom stereocenters. The van der Waals surface area contributed by atoms with E-state index in [2.05, 4.69) is 10.1 Å². The standard InChI is InChI=1S/C15H10ClN3OS/c16-11-5-3-4-10(8-11)9-17-19-14(20)12-6-1-2-7-13(12)18-15(19)21/h1-9H,(H,18,21)/b17-9-. The van der Waals surface area contributed by atoms with Gasteiger partial charge in [-0.3, -0.25) is 4.79 Å². The van der Waals surface area contributed by atoms with Gasteiger partial charge in [0.25, 0.3) is 5.56 Å². The smallest absolute Gasteiger partial charge is 0.282 e. The number of aromatic nitrogens is 2. The molecule has 1 heterocycles. The molecule has 0 aliphatic heterocycles. The Morgan fingerprint density at radius 2 is 2.00 bits per heavy atom. The highest BCUT2D eigenvalue weighted by atomic mass is 35.5. The summed E-state index contributed by atoms with van der Waals surface area (Å²) in [6, 6.07) is 14.4. The molecule has 2 aromatic carbocycles. The van der Waals surface area contributed by atoms with E-state index in [0.717, 1.165) is 5.56 Å². The first kappa shape index (κ1) is 13.7. The van der Waals surface area contributed by atoms with E-state index in [0.29, 0.717) is 15.9 Å². The molecule has 3 aromatic rings. The Labute approximate surface area is 130 Å². The molecule has 0 spiro atoms. The lowest BCUT2D eigenvalue weighted by molar-refractivity contribution is 0.800. The largest absolute Gasteiger partial charge is 0.330 e. The molecule has 6 heteroatoms. The average molecular weight is 316 g/mol. The molecule has 0 amide bonds. The maximum atomic E-state index is 12.4. The van der Waals surface area contributed by atoms with Crippen LogP contribution in [0.1, 0.15) is 5.56 Å². The quantitative estimate of drug-likeness (QED) is 0.580. The second-order valence-electron chi connectivity index (χ2n) is 4.39. The molecular weight excluding hydrogens is 306 g/mol. The highest BCUT2D eigenvalue weighted by molar-refractivity contribution is 7.71. The monoisotopic (exact) mass is 315 g/mol. The fourth-order valence-electron chi connectivity index (χ4n) is 1.97. The third-order valence-electron chi connectivity index (χ3n) is 2.95. The Morgan fingerprint density at radius 3 is 2.81 bits per heavy atom. The summed E-state index contributed by atoms with van der Waals surface area (Å²) >= 11 is 11.1. The van der Waals surface area contributed by atoms with Gasteiger partial charge >= 0.3 is 0 Å². The predicted molar refractivity (Wildman–Crippen MR) is 87.8 cm³/mol. The van der Waals surface area contributed by atoms with Crippen molar-refractivity contribution < 1.29 is 0 Å². The lowest BCUT2D eigenvalue weighted by Gasteiger charge is -2.02. The van der Waals surface area contributed by atoms with Crippen LogP contribution in [0.5, 0.6) is 0 Å². The number of H-pyrrole nitrogens is 1. The van der Waals surface area contributed by atoms with Gasteiger partial charge in [-0.15, -0.1) is 0 Å². The van der Waals surface area contributed by atoms with Crippen LogP contribution in [-0.4, -0.2) is 15.9 Å². The zero-order chi connectivity index (χ0) is 14.8. The van der Waals surface area contributed by atoms with Gasteiger partial charge < -0.3 is 4.98 Å². The zero-order valence-corrected chi connectivity index (χ0v) is 12.4. The summed E-state index contributed by atoms with van der Waals surface area (Å²) in [6.07, 6.45) is 1.55. The Kier molecular flexibility index (Phi) is 3.68. The minimum atomic E-state index is -0.257. The number of fused-ring (bicyclic) bond motifs is 1. The molecule has 0 aliphatic carbocycles. The first-order chi connectivity index (χ1) is 10.1. The van der Waals surface area contributed by atoms with Gasteiger partial charge in [0.1, 0.15) is 0 Å². The third kappa shape index (κ3) is 2.79. The maximum Gasteiger partial charge on any atom is 0.282 e. The van der Waals surface area contributed by atoms with Crippen molar-refractivity contribution in [3.63, 3.8) is 0 Å². The second kappa shape index (κ2) is 5.63. The molecule has 4 nitrogen and oxygen atoms in total. The van der Waals surface area contributed by atoms with Crippen LogP contribution in [0.2, 0.25) is 5.02 Å². The molecule has 0 atom stereocenters. The fourth-order valence-corrected chi connectivity index (χ4v) is 2.41. The molecule has 0 fully saturated rings. The number of rotatable bonds is 2. The Bertz CT molecular complexity index is 959. The summed E-state index contributed by atoms with van der Waals surface area (Å²) in [5, 5.41) is 5.29. The van der Waals surface area contributed by atoms with Crippen molar-refractivity contribution in [2.45, 2.75) is 0 Å². The van der Waals surface area contributed by atoms with E-state index in [1.54, 1.807) is 36.5 Å². The van der Waals surface area contributed by atoms with Crippen molar-refractivity contribution in [1.82, 2.24) is 9.66 Å². The van der Waals surface area contributed by atoms with E-state index >= 15 is 0 Å². The lowest BCUT2D eigenvalue weighted by atomic mass is 10.2. The van der Waals surface area contributed by atoms with Crippen LogP contribution in [0.3, 0.4) is 0 Å². The van der Waals surface area contributed by atoms with Crippen LogP contribution in [0.15, 0.2) is 58.4 Å². The highest BCUT2D eigenvalue weighted by Crippen LogP contribution is 2.09. The molecule has 3 rings (SSSR count). The molecular formula is C15H10ClN3OS. The predicted octanol–water partition coefficient (Wildman–Crippen LogP) is 3.59. The minimum Gasteiger partial charge on any atom is -0.330 e. The van der Waals surface area contributed by atoms with E-state index < -0.39 is 0 Å². The number of benzene rings is 2. The highest BCUT2D eigenvalue weighted by Gasteiger charge is 2.03. The van der Waals surface area contributed by atoms with Gasteiger partial charge in [0.15, 0.2) is 0 Å². The van der Waals surface area contributed by atoms with Crippen LogP contribution in [0, 0.1) is 4.77 Å². The zero-order valence-electron chi connectivity index (χ0n) is 10.8. The van der Waals surface area contributed by atoms with Crippen molar-refractivity contribution in [3.05, 3.63) is 74.2 Å². The molecule has 0 saturated carbocycles. The molecule has 104 valence electrons. The van der Waals surface area contributed by atoms with Crippen molar-refractivity contribution in [2.24, 2.45) is 5.10 Å². The number of hydrogen-bond acceptors (Lipinski definition) is 3. The van der Waals surface area contributed by atoms with Gasteiger partial charge in [-0.2, -0.15) is 9.78 Å². The average Bonchev–Trinajstić information content (AvgIpc) is 2.47. The lowest BCUT2D eigenvalue weighted by Crippen LogP contribution is -2.18. The summed E-state index contributed by atoms with van der Waals surface area (Å²) in [6.45, 7) is 0. The van der Waals surface area contributed by atoms with E-state index in [9.17, 15) is 4.79 Å². The van der Waals surface area contributed by atoms with Gasteiger partial charge in [0.05, 0.1) is 17.1 Å². The van der Waals surface area contributed by atoms with Gasteiger partial charge in [-0.25, -0.2) is 0 Å². The van der Waals surface area contributed by atoms with Gasteiger partial charge in [0.2, 0.25) is 4.77 Å². The first-order valence-corrected chi connectivity index (χ1v) is 6.98. The van der Waals surface area contributed by atoms with Crippen molar-refractivity contribution in [2.75, 3.05) is 0 Å². The van der Waals surface area contributed by atoms with Crippen molar-refractivity contribution in [3.8, 4) is 0 Å². The molecule has 1 aromatic heterocycles. The molecule has 0 aliphatic rings. The normalized spacial score (nSPS) is 11.3. The molecule has 0 saturated heterocycles. The third-order valence-corrected chi connectivity index (χ3v) is 3.46. The summed E-state index contributed by atoms with van der Waals surface area (Å²) in [7, 11) is 0. The van der Waals surface area contributed by atoms with E-state index in [-0.39, 0.29) is 10.3 Å². The van der Waals surface area contributed by atoms with Gasteiger partial charge in [-0.05, 0) is 42.0 Å². The number of aromatic amines is 1. The molecule has 1 N–H and O–H groups in total. The van der Waals surface area contributed by atoms with Gasteiger partial charge in [0, 0.05) is 5.02 Å². The molecule has 0 bridgehead atoms. The second-order valence-corrected chi connectivity index (χ2v) is 5.22. The maximum absolute atomic E-state index is 12.4. The van der Waals surface area contributed by atoms with Crippen molar-refractivity contribution in [1.29, 1.82) is 0 Å².